The van der Waals surface area contributed by atoms with Crippen molar-refractivity contribution < 1.29 is 14.0 Å². The van der Waals surface area contributed by atoms with Crippen LogP contribution in [0.5, 0.6) is 0 Å². The van der Waals surface area contributed by atoms with Crippen molar-refractivity contribution in [2.45, 2.75) is 31.5 Å². The number of nitrogens with zero attached hydrogens (tertiary/aromatic N) is 4. The SMILES string of the molecule is NC1NC(c2ccccc2)(c2ccccc2)C(=O)N1Cc1ccc(F)c(C(=O)N2Cc3nccnc3C2)c1. The second kappa shape index (κ2) is 9.44. The molecule has 2 aliphatic heterocycles. The molecule has 1 atom stereocenters. The van der Waals surface area contributed by atoms with Crippen molar-refractivity contribution in [2.75, 3.05) is 0 Å². The van der Waals surface area contributed by atoms with E-state index in [1.807, 2.05) is 60.7 Å². The normalized spacial score (nSPS) is 18.1. The van der Waals surface area contributed by atoms with Gasteiger partial charge < -0.3 is 9.80 Å². The molecule has 8 nitrogen and oxygen atoms in total. The van der Waals surface area contributed by atoms with E-state index < -0.39 is 23.6 Å². The molecule has 3 N–H and O–H groups in total. The second-order valence-corrected chi connectivity index (χ2v) is 9.43. The number of carbonyl (C=O) groups is 2. The van der Waals surface area contributed by atoms with Crippen molar-refractivity contribution in [3.8, 4) is 0 Å². The maximum Gasteiger partial charge on any atom is 0.257 e. The highest BCUT2D eigenvalue weighted by molar-refractivity contribution is 5.95. The highest BCUT2D eigenvalue weighted by Gasteiger charge is 2.52. The predicted molar refractivity (Wildman–Crippen MR) is 137 cm³/mol. The molecule has 38 heavy (non-hydrogen) atoms. The zero-order valence-corrected chi connectivity index (χ0v) is 20.4. The topological polar surface area (TPSA) is 104 Å². The van der Waals surface area contributed by atoms with Crippen molar-refractivity contribution in [1.82, 2.24) is 25.1 Å². The van der Waals surface area contributed by atoms with Crippen LogP contribution in [0, 0.1) is 5.82 Å². The van der Waals surface area contributed by atoms with Crippen LogP contribution in [0.4, 0.5) is 4.39 Å². The average Bonchev–Trinajstić information content (AvgIpc) is 3.50. The molecular formula is C29H25FN6O2. The molecule has 0 radical (unpaired) electrons. The van der Waals surface area contributed by atoms with E-state index in [1.165, 1.54) is 21.9 Å². The lowest BCUT2D eigenvalue weighted by Gasteiger charge is -2.28. The van der Waals surface area contributed by atoms with E-state index in [0.717, 1.165) is 11.1 Å². The van der Waals surface area contributed by atoms with Crippen molar-refractivity contribution in [1.29, 1.82) is 0 Å². The summed E-state index contributed by atoms with van der Waals surface area (Å²) in [7, 11) is 0. The Morgan fingerprint density at radius 2 is 1.53 bits per heavy atom. The Morgan fingerprint density at radius 3 is 2.11 bits per heavy atom. The fraction of sp³-hybridized carbons (Fsp3) is 0.172. The number of hydrogen-bond acceptors (Lipinski definition) is 6. The van der Waals surface area contributed by atoms with Gasteiger partial charge in [0, 0.05) is 18.9 Å². The van der Waals surface area contributed by atoms with E-state index in [2.05, 4.69) is 15.3 Å². The maximum atomic E-state index is 14.8. The van der Waals surface area contributed by atoms with Crippen LogP contribution in [0.15, 0.2) is 91.3 Å². The summed E-state index contributed by atoms with van der Waals surface area (Å²) in [6.07, 6.45) is 2.34. The fourth-order valence-corrected chi connectivity index (χ4v) is 5.25. The molecule has 1 aromatic heterocycles. The van der Waals surface area contributed by atoms with Crippen molar-refractivity contribution in [3.63, 3.8) is 0 Å². The maximum absolute atomic E-state index is 14.8. The lowest BCUT2D eigenvalue weighted by atomic mass is 9.82. The number of fused-ring (bicyclic) bond motifs is 1. The first-order valence-electron chi connectivity index (χ1n) is 12.3. The molecule has 9 heteroatoms. The third-order valence-electron chi connectivity index (χ3n) is 7.14. The molecule has 0 saturated carbocycles. The van der Waals surface area contributed by atoms with Crippen molar-refractivity contribution >= 4 is 11.8 Å². The van der Waals surface area contributed by atoms with E-state index in [1.54, 1.807) is 18.5 Å². The van der Waals surface area contributed by atoms with Gasteiger partial charge in [-0.05, 0) is 28.8 Å². The van der Waals surface area contributed by atoms with Crippen LogP contribution >= 0.6 is 0 Å². The summed E-state index contributed by atoms with van der Waals surface area (Å²) in [4.78, 5) is 38.9. The molecule has 0 bridgehead atoms. The lowest BCUT2D eigenvalue weighted by Crippen LogP contribution is -2.48. The van der Waals surface area contributed by atoms with Crippen LogP contribution in [0.25, 0.3) is 0 Å². The Morgan fingerprint density at radius 1 is 0.947 bits per heavy atom. The van der Waals surface area contributed by atoms with Gasteiger partial charge in [0.1, 0.15) is 12.1 Å². The van der Waals surface area contributed by atoms with Gasteiger partial charge in [-0.2, -0.15) is 0 Å². The van der Waals surface area contributed by atoms with Gasteiger partial charge in [-0.3, -0.25) is 30.6 Å². The van der Waals surface area contributed by atoms with Crippen molar-refractivity contribution in [3.05, 3.63) is 131 Å². The highest BCUT2D eigenvalue weighted by atomic mass is 19.1. The highest BCUT2D eigenvalue weighted by Crippen LogP contribution is 2.37. The number of benzene rings is 3. The molecule has 2 amide bonds. The number of carbonyl (C=O) groups excluding carboxylic acids is 2. The summed E-state index contributed by atoms with van der Waals surface area (Å²) in [5, 5.41) is 3.31. The van der Waals surface area contributed by atoms with Gasteiger partial charge in [0.05, 0.1) is 30.0 Å². The first-order chi connectivity index (χ1) is 18.5. The zero-order valence-electron chi connectivity index (χ0n) is 20.4. The zero-order chi connectivity index (χ0) is 26.3. The minimum atomic E-state index is -1.18. The number of nitrogens with one attached hydrogen (secondary N) is 1. The molecule has 1 fully saturated rings. The Labute approximate surface area is 218 Å². The number of nitrogens with two attached hydrogens (primary N) is 1. The van der Waals surface area contributed by atoms with E-state index in [4.69, 9.17) is 5.73 Å². The quantitative estimate of drug-likeness (QED) is 0.430. The average molecular weight is 509 g/mol. The third-order valence-corrected chi connectivity index (χ3v) is 7.14. The molecular weight excluding hydrogens is 483 g/mol. The summed E-state index contributed by atoms with van der Waals surface area (Å²) in [6.45, 7) is 0.627. The molecule has 190 valence electrons. The second-order valence-electron chi connectivity index (χ2n) is 9.43. The van der Waals surface area contributed by atoms with Gasteiger partial charge in [-0.1, -0.05) is 66.7 Å². The van der Waals surface area contributed by atoms with Gasteiger partial charge in [0.15, 0.2) is 5.54 Å². The van der Waals surface area contributed by atoms with Crippen molar-refractivity contribution in [2.24, 2.45) is 5.73 Å². The molecule has 1 unspecified atom stereocenters. The predicted octanol–water partition coefficient (Wildman–Crippen LogP) is 2.89. The van der Waals surface area contributed by atoms with Crippen LogP contribution in [-0.4, -0.2) is 37.9 Å². The molecule has 4 aromatic rings. The summed E-state index contributed by atoms with van der Waals surface area (Å²) < 4.78 is 14.8. The van der Waals surface area contributed by atoms with E-state index in [9.17, 15) is 14.0 Å². The Bertz CT molecular complexity index is 1450. The number of hydrogen-bond donors (Lipinski definition) is 2. The number of halogens is 1. The Hall–Kier alpha value is -4.47. The minimum absolute atomic E-state index is 0.0686. The largest absolute Gasteiger partial charge is 0.327 e. The summed E-state index contributed by atoms with van der Waals surface area (Å²) in [5.74, 6) is -1.32. The van der Waals surface area contributed by atoms with Gasteiger partial charge in [-0.25, -0.2) is 4.39 Å². The van der Waals surface area contributed by atoms with E-state index in [0.29, 0.717) is 17.0 Å². The summed E-state index contributed by atoms with van der Waals surface area (Å²) in [6, 6.07) is 23.2. The lowest BCUT2D eigenvalue weighted by molar-refractivity contribution is -0.132. The van der Waals surface area contributed by atoms with Crippen LogP contribution in [0.1, 0.15) is 38.4 Å². The molecule has 2 aliphatic rings. The van der Waals surface area contributed by atoms with Gasteiger partial charge in [-0.15, -0.1) is 0 Å². The number of aromatic nitrogens is 2. The van der Waals surface area contributed by atoms with Crippen LogP contribution in [0.3, 0.4) is 0 Å². The molecule has 6 rings (SSSR count). The molecule has 0 spiro atoms. The van der Waals surface area contributed by atoms with Gasteiger partial charge in [0.25, 0.3) is 11.8 Å². The first-order valence-corrected chi connectivity index (χ1v) is 12.3. The Balaban J connectivity index is 1.30. The summed E-state index contributed by atoms with van der Waals surface area (Å²) in [5.41, 5.74) is 8.75. The molecule has 0 aliphatic carbocycles. The van der Waals surface area contributed by atoms with Gasteiger partial charge >= 0.3 is 0 Å². The van der Waals surface area contributed by atoms with E-state index in [-0.39, 0.29) is 31.1 Å². The monoisotopic (exact) mass is 508 g/mol. The van der Waals surface area contributed by atoms with Crippen LogP contribution in [-0.2, 0) is 30.0 Å². The smallest absolute Gasteiger partial charge is 0.257 e. The van der Waals surface area contributed by atoms with Gasteiger partial charge in [0.2, 0.25) is 0 Å². The fourth-order valence-electron chi connectivity index (χ4n) is 5.25. The van der Waals surface area contributed by atoms with Crippen LogP contribution in [0.2, 0.25) is 0 Å². The molecule has 3 aromatic carbocycles. The molecule has 1 saturated heterocycles. The van der Waals surface area contributed by atoms with E-state index >= 15 is 0 Å². The summed E-state index contributed by atoms with van der Waals surface area (Å²) >= 11 is 0. The third kappa shape index (κ3) is 3.93. The standard InChI is InChI=1S/C29H25FN6O2/c30-23-12-11-19(15-22(23)26(37)35-17-24-25(18-35)33-14-13-32-24)16-36-27(38)29(34-28(36)31,20-7-3-1-4-8-20)21-9-5-2-6-10-21/h1-15,28,34H,16-18,31H2. The van der Waals surface area contributed by atoms with Crippen LogP contribution < -0.4 is 11.1 Å². The first kappa shape index (κ1) is 23.9. The Kier molecular flexibility index (Phi) is 5.94. The number of amides is 2. The minimum Gasteiger partial charge on any atom is -0.327 e. The molecule has 3 heterocycles. The number of rotatable bonds is 5.